The first-order valence-corrected chi connectivity index (χ1v) is 9.50. The van der Waals surface area contributed by atoms with Crippen LogP contribution in [0.2, 0.25) is 0 Å². The Morgan fingerprint density at radius 2 is 1.58 bits per heavy atom. The lowest BCUT2D eigenvalue weighted by Gasteiger charge is -2.29. The van der Waals surface area contributed by atoms with Crippen molar-refractivity contribution in [1.29, 1.82) is 0 Å². The largest absolute Gasteiger partial charge is 0.340 e. The summed E-state index contributed by atoms with van der Waals surface area (Å²) in [5, 5.41) is 14.2. The number of ketones is 1. The van der Waals surface area contributed by atoms with Crippen molar-refractivity contribution in [3.05, 3.63) is 107 Å². The summed E-state index contributed by atoms with van der Waals surface area (Å²) in [5.41, 5.74) is 1.80. The predicted molar refractivity (Wildman–Crippen MR) is 113 cm³/mol. The zero-order valence-corrected chi connectivity index (χ0v) is 16.6. The third-order valence-corrected chi connectivity index (χ3v) is 5.91. The second kappa shape index (κ2) is 6.36. The van der Waals surface area contributed by atoms with Gasteiger partial charge in [-0.3, -0.25) is 28.8 Å². The Labute approximate surface area is 175 Å². The molecule has 0 saturated carbocycles. The smallest absolute Gasteiger partial charge is 0.332 e. The van der Waals surface area contributed by atoms with Crippen LogP contribution < -0.4 is 16.6 Å². The van der Waals surface area contributed by atoms with Crippen molar-refractivity contribution in [2.45, 2.75) is 5.92 Å². The minimum Gasteiger partial charge on any atom is -0.340 e. The van der Waals surface area contributed by atoms with Crippen molar-refractivity contribution in [2.24, 2.45) is 14.1 Å². The van der Waals surface area contributed by atoms with Crippen molar-refractivity contribution in [3.8, 4) is 0 Å². The minimum absolute atomic E-state index is 0.0958. The number of nitrogens with one attached hydrogen (secondary N) is 1. The summed E-state index contributed by atoms with van der Waals surface area (Å²) in [5.74, 6) is -0.694. The molecule has 0 fully saturated rings. The molecule has 0 spiro atoms. The van der Waals surface area contributed by atoms with E-state index in [0.717, 1.165) is 4.57 Å². The van der Waals surface area contributed by atoms with Crippen LogP contribution in [0, 0.1) is 10.1 Å². The number of anilines is 1. The lowest BCUT2D eigenvalue weighted by Crippen LogP contribution is -2.42. The van der Waals surface area contributed by atoms with E-state index in [4.69, 9.17) is 0 Å². The number of Topliss-reactive ketones (excluding diaryl/α,β-unsaturated/α-hetero) is 1. The molecule has 1 N–H and O–H groups in total. The van der Waals surface area contributed by atoms with Crippen LogP contribution in [-0.4, -0.2) is 19.8 Å². The number of non-ortho nitro benzene ring substituents is 1. The van der Waals surface area contributed by atoms with Crippen molar-refractivity contribution in [2.75, 3.05) is 5.32 Å². The Balaban J connectivity index is 1.85. The van der Waals surface area contributed by atoms with Crippen LogP contribution in [-0.2, 0) is 14.1 Å². The maximum atomic E-state index is 13.4. The third kappa shape index (κ3) is 2.46. The molecule has 1 aromatic heterocycles. The van der Waals surface area contributed by atoms with E-state index in [2.05, 4.69) is 5.32 Å². The number of nitrogens with zero attached hydrogens (tertiary/aromatic N) is 3. The standard InChI is InChI=1S/C22H16N4O5/c1-24-20-17(21(28)25(2)22(24)29)15(11-7-9-12(10-8-11)26(30)31)16-18(23-20)13-5-3-4-6-14(13)19(16)27/h3-10,15,23H,1-2H3/t15-/m0/s1. The first kappa shape index (κ1) is 18.7. The van der Waals surface area contributed by atoms with Gasteiger partial charge in [-0.25, -0.2) is 4.79 Å². The summed E-state index contributed by atoms with van der Waals surface area (Å²) in [6, 6.07) is 12.9. The van der Waals surface area contributed by atoms with Crippen LogP contribution >= 0.6 is 0 Å². The Morgan fingerprint density at radius 1 is 0.935 bits per heavy atom. The maximum Gasteiger partial charge on any atom is 0.332 e. The molecule has 31 heavy (non-hydrogen) atoms. The van der Waals surface area contributed by atoms with Gasteiger partial charge in [-0.1, -0.05) is 36.4 Å². The van der Waals surface area contributed by atoms with Crippen LogP contribution in [0.25, 0.3) is 5.70 Å². The Kier molecular flexibility index (Phi) is 3.85. The SMILES string of the molecule is Cn1c2c(c(=O)n(C)c1=O)[C@@H](c1ccc([N+](=O)[O-])cc1)C1=C(N2)c2ccccc2C1=O. The van der Waals surface area contributed by atoms with Gasteiger partial charge in [-0.15, -0.1) is 0 Å². The topological polar surface area (TPSA) is 116 Å². The van der Waals surface area contributed by atoms with Gasteiger partial charge in [0.15, 0.2) is 5.78 Å². The summed E-state index contributed by atoms with van der Waals surface area (Å²) in [6.45, 7) is 0. The zero-order chi connectivity index (χ0) is 22.0. The maximum absolute atomic E-state index is 13.4. The molecule has 3 aromatic rings. The summed E-state index contributed by atoms with van der Waals surface area (Å²) in [6.07, 6.45) is 0. The van der Waals surface area contributed by atoms with Crippen molar-refractivity contribution < 1.29 is 9.72 Å². The summed E-state index contributed by atoms with van der Waals surface area (Å²) >= 11 is 0. The van der Waals surface area contributed by atoms with E-state index in [1.165, 1.54) is 23.7 Å². The molecule has 154 valence electrons. The Bertz CT molecular complexity index is 1460. The van der Waals surface area contributed by atoms with E-state index in [9.17, 15) is 24.5 Å². The van der Waals surface area contributed by atoms with Gasteiger partial charge in [0.05, 0.1) is 16.2 Å². The van der Waals surface area contributed by atoms with Crippen molar-refractivity contribution >= 4 is 23.0 Å². The molecular formula is C22H16N4O5. The number of hydrogen-bond donors (Lipinski definition) is 1. The quantitative estimate of drug-likeness (QED) is 0.506. The highest BCUT2D eigenvalue weighted by Crippen LogP contribution is 2.47. The molecule has 9 nitrogen and oxygen atoms in total. The molecule has 2 aliphatic rings. The van der Waals surface area contributed by atoms with Gasteiger partial charge in [0.25, 0.3) is 11.2 Å². The van der Waals surface area contributed by atoms with E-state index in [1.807, 2.05) is 6.07 Å². The molecule has 0 unspecified atom stereocenters. The van der Waals surface area contributed by atoms with E-state index < -0.39 is 22.1 Å². The fraction of sp³-hybridized carbons (Fsp3) is 0.136. The summed E-state index contributed by atoms with van der Waals surface area (Å²) in [4.78, 5) is 49.7. The molecule has 1 atom stereocenters. The summed E-state index contributed by atoms with van der Waals surface area (Å²) in [7, 11) is 2.93. The van der Waals surface area contributed by atoms with Gasteiger partial charge in [0.2, 0.25) is 0 Å². The van der Waals surface area contributed by atoms with E-state index >= 15 is 0 Å². The zero-order valence-electron chi connectivity index (χ0n) is 16.6. The highest BCUT2D eigenvalue weighted by atomic mass is 16.6. The van der Waals surface area contributed by atoms with Crippen LogP contribution in [0.5, 0.6) is 0 Å². The second-order valence-corrected chi connectivity index (χ2v) is 7.54. The molecule has 1 aliphatic heterocycles. The molecule has 0 saturated heterocycles. The molecule has 5 rings (SSSR count). The Hall–Kier alpha value is -4.27. The number of hydrogen-bond acceptors (Lipinski definition) is 6. The highest BCUT2D eigenvalue weighted by molar-refractivity contribution is 6.23. The number of nitro benzene ring substituents is 1. The summed E-state index contributed by atoms with van der Waals surface area (Å²) < 4.78 is 2.33. The second-order valence-electron chi connectivity index (χ2n) is 7.54. The van der Waals surface area contributed by atoms with Gasteiger partial charge in [0, 0.05) is 48.8 Å². The lowest BCUT2D eigenvalue weighted by molar-refractivity contribution is -0.384. The van der Waals surface area contributed by atoms with Gasteiger partial charge in [0.1, 0.15) is 5.82 Å². The molecule has 1 aliphatic carbocycles. The number of aromatic nitrogens is 2. The van der Waals surface area contributed by atoms with Gasteiger partial charge < -0.3 is 5.32 Å². The number of rotatable bonds is 2. The van der Waals surface area contributed by atoms with E-state index in [0.29, 0.717) is 33.8 Å². The third-order valence-electron chi connectivity index (χ3n) is 5.91. The minimum atomic E-state index is -0.780. The molecular weight excluding hydrogens is 400 g/mol. The molecule has 0 bridgehead atoms. The van der Waals surface area contributed by atoms with Crippen molar-refractivity contribution in [1.82, 2.24) is 9.13 Å². The van der Waals surface area contributed by atoms with Gasteiger partial charge in [-0.2, -0.15) is 0 Å². The molecule has 9 heteroatoms. The number of benzene rings is 2. The normalized spacial score (nSPS) is 16.5. The van der Waals surface area contributed by atoms with Gasteiger partial charge >= 0.3 is 5.69 Å². The number of carbonyl (C=O) groups excluding carboxylic acids is 1. The van der Waals surface area contributed by atoms with Crippen LogP contribution in [0.3, 0.4) is 0 Å². The lowest BCUT2D eigenvalue weighted by atomic mass is 9.81. The average Bonchev–Trinajstić information content (AvgIpc) is 3.07. The predicted octanol–water partition coefficient (Wildman–Crippen LogP) is 2.16. The van der Waals surface area contributed by atoms with Crippen molar-refractivity contribution in [3.63, 3.8) is 0 Å². The first-order chi connectivity index (χ1) is 14.8. The molecule has 0 amide bonds. The van der Waals surface area contributed by atoms with Gasteiger partial charge in [-0.05, 0) is 5.56 Å². The average molecular weight is 416 g/mol. The first-order valence-electron chi connectivity index (χ1n) is 9.50. The number of carbonyl (C=O) groups is 1. The number of allylic oxidation sites excluding steroid dienone is 1. The highest BCUT2D eigenvalue weighted by Gasteiger charge is 2.42. The Morgan fingerprint density at radius 3 is 2.23 bits per heavy atom. The van der Waals surface area contributed by atoms with E-state index in [-0.39, 0.29) is 17.0 Å². The van der Waals surface area contributed by atoms with Crippen LogP contribution in [0.15, 0.2) is 63.7 Å². The monoisotopic (exact) mass is 416 g/mol. The number of nitro groups is 1. The number of fused-ring (bicyclic) bond motifs is 3. The molecule has 2 aromatic carbocycles. The van der Waals surface area contributed by atoms with E-state index in [1.54, 1.807) is 37.4 Å². The molecule has 2 heterocycles. The van der Waals surface area contributed by atoms with Crippen LogP contribution in [0.1, 0.15) is 33.0 Å². The van der Waals surface area contributed by atoms with Crippen LogP contribution in [0.4, 0.5) is 11.5 Å². The molecule has 0 radical (unpaired) electrons. The fourth-order valence-electron chi connectivity index (χ4n) is 4.38. The fourth-order valence-corrected chi connectivity index (χ4v) is 4.38.